The van der Waals surface area contributed by atoms with Crippen molar-refractivity contribution in [1.82, 2.24) is 0 Å². The molecule has 0 atom stereocenters. The second kappa shape index (κ2) is 3.96. The lowest BCUT2D eigenvalue weighted by Gasteiger charge is -2.03. The Morgan fingerprint density at radius 2 is 1.31 bits per heavy atom. The first-order chi connectivity index (χ1) is 7.58. The Bertz CT molecular complexity index is 511. The third-order valence-corrected chi connectivity index (χ3v) is 2.14. The number of benzene rings is 2. The quantitative estimate of drug-likeness (QED) is 0.510. The van der Waals surface area contributed by atoms with Crippen LogP contribution in [0.3, 0.4) is 0 Å². The van der Waals surface area contributed by atoms with Gasteiger partial charge in [0.05, 0.1) is 0 Å². The van der Waals surface area contributed by atoms with Crippen LogP contribution in [0.5, 0.6) is 0 Å². The van der Waals surface area contributed by atoms with Crippen molar-refractivity contribution in [3.05, 3.63) is 59.7 Å². The van der Waals surface area contributed by atoms with E-state index in [1.54, 1.807) is 0 Å². The van der Waals surface area contributed by atoms with Crippen molar-refractivity contribution in [2.75, 3.05) is 0 Å². The number of halogens is 4. The lowest BCUT2D eigenvalue weighted by Crippen LogP contribution is -1.92. The Labute approximate surface area is 89.2 Å². The Kier molecular flexibility index (Phi) is 2.64. The van der Waals surface area contributed by atoms with E-state index < -0.39 is 23.3 Å². The topological polar surface area (TPSA) is 0 Å². The Balaban J connectivity index is 2.57. The zero-order chi connectivity index (χ0) is 11.7. The molecule has 0 radical (unpaired) electrons. The highest BCUT2D eigenvalue weighted by atomic mass is 19.2. The van der Waals surface area contributed by atoms with Gasteiger partial charge < -0.3 is 0 Å². The summed E-state index contributed by atoms with van der Waals surface area (Å²) in [6.07, 6.45) is 0. The molecule has 0 bridgehead atoms. The predicted molar refractivity (Wildman–Crippen MR) is 51.7 cm³/mol. The van der Waals surface area contributed by atoms with E-state index in [4.69, 9.17) is 0 Å². The van der Waals surface area contributed by atoms with Crippen molar-refractivity contribution in [3.8, 4) is 11.1 Å². The Hall–Kier alpha value is -1.84. The lowest BCUT2D eigenvalue weighted by molar-refractivity contribution is 0.447. The van der Waals surface area contributed by atoms with Crippen LogP contribution < -0.4 is 0 Å². The van der Waals surface area contributed by atoms with E-state index in [1.165, 1.54) is 18.2 Å². The summed E-state index contributed by atoms with van der Waals surface area (Å²) >= 11 is 0. The molecule has 4 heteroatoms. The van der Waals surface area contributed by atoms with Gasteiger partial charge in [-0.2, -0.15) is 0 Å². The number of hydrogen-bond donors (Lipinski definition) is 0. The molecule has 2 aromatic carbocycles. The molecular weight excluding hydrogens is 220 g/mol. The lowest BCUT2D eigenvalue weighted by atomic mass is 10.1. The van der Waals surface area contributed by atoms with Crippen molar-refractivity contribution in [3.63, 3.8) is 0 Å². The SMILES string of the molecule is Fc1cccc(-c2cc(F)c(F)c(F)c2)c1. The minimum Gasteiger partial charge on any atom is -0.207 e. The standard InChI is InChI=1S/C12H6F4/c13-9-3-1-2-7(4-9)8-5-10(14)12(16)11(15)6-8/h1-6H. The largest absolute Gasteiger partial charge is 0.207 e. The average molecular weight is 226 g/mol. The van der Waals surface area contributed by atoms with Gasteiger partial charge in [-0.1, -0.05) is 12.1 Å². The molecule has 0 spiro atoms. The van der Waals surface area contributed by atoms with Crippen molar-refractivity contribution in [2.45, 2.75) is 0 Å². The van der Waals surface area contributed by atoms with E-state index >= 15 is 0 Å². The summed E-state index contributed by atoms with van der Waals surface area (Å²) in [6.45, 7) is 0. The highest BCUT2D eigenvalue weighted by Gasteiger charge is 2.11. The third kappa shape index (κ3) is 1.91. The van der Waals surface area contributed by atoms with E-state index in [2.05, 4.69) is 0 Å². The first-order valence-electron chi connectivity index (χ1n) is 4.48. The highest BCUT2D eigenvalue weighted by molar-refractivity contribution is 5.63. The second-order valence-electron chi connectivity index (χ2n) is 3.26. The van der Waals surface area contributed by atoms with E-state index in [1.807, 2.05) is 0 Å². The summed E-state index contributed by atoms with van der Waals surface area (Å²) in [6, 6.07) is 6.87. The summed E-state index contributed by atoms with van der Waals surface area (Å²) in [5, 5.41) is 0. The van der Waals surface area contributed by atoms with Crippen LogP contribution in [0.25, 0.3) is 11.1 Å². The van der Waals surface area contributed by atoms with Crippen molar-refractivity contribution in [1.29, 1.82) is 0 Å². The summed E-state index contributed by atoms with van der Waals surface area (Å²) in [4.78, 5) is 0. The van der Waals surface area contributed by atoms with Gasteiger partial charge in [0.15, 0.2) is 17.5 Å². The maximum absolute atomic E-state index is 12.9. The van der Waals surface area contributed by atoms with Crippen molar-refractivity contribution >= 4 is 0 Å². The van der Waals surface area contributed by atoms with Gasteiger partial charge >= 0.3 is 0 Å². The van der Waals surface area contributed by atoms with Crippen LogP contribution in [0.1, 0.15) is 0 Å². The molecule has 0 amide bonds. The van der Waals surface area contributed by atoms with Crippen molar-refractivity contribution in [2.24, 2.45) is 0 Å². The molecule has 0 saturated carbocycles. The van der Waals surface area contributed by atoms with E-state index in [0.717, 1.165) is 18.2 Å². The molecule has 16 heavy (non-hydrogen) atoms. The molecule has 82 valence electrons. The molecular formula is C12H6F4. The second-order valence-corrected chi connectivity index (χ2v) is 3.26. The van der Waals surface area contributed by atoms with Gasteiger partial charge in [0, 0.05) is 0 Å². The number of rotatable bonds is 1. The van der Waals surface area contributed by atoms with E-state index in [-0.39, 0.29) is 11.1 Å². The average Bonchev–Trinajstić information content (AvgIpc) is 2.25. The van der Waals surface area contributed by atoms with E-state index in [0.29, 0.717) is 0 Å². The van der Waals surface area contributed by atoms with Gasteiger partial charge in [0.1, 0.15) is 5.82 Å². The van der Waals surface area contributed by atoms with Gasteiger partial charge in [-0.3, -0.25) is 0 Å². The molecule has 0 fully saturated rings. The fraction of sp³-hybridized carbons (Fsp3) is 0. The first-order valence-corrected chi connectivity index (χ1v) is 4.48. The fourth-order valence-corrected chi connectivity index (χ4v) is 1.39. The molecule has 0 heterocycles. The molecule has 2 aromatic rings. The van der Waals surface area contributed by atoms with E-state index in [9.17, 15) is 17.6 Å². The van der Waals surface area contributed by atoms with Gasteiger partial charge in [-0.25, -0.2) is 17.6 Å². The summed E-state index contributed by atoms with van der Waals surface area (Å²) in [5.41, 5.74) is 0.383. The van der Waals surface area contributed by atoms with Crippen LogP contribution in [-0.2, 0) is 0 Å². The molecule has 0 saturated heterocycles. The Morgan fingerprint density at radius 1 is 0.688 bits per heavy atom. The molecule has 0 aromatic heterocycles. The summed E-state index contributed by atoms with van der Waals surface area (Å²) in [5.74, 6) is -4.64. The van der Waals surface area contributed by atoms with Gasteiger partial charge in [-0.05, 0) is 35.4 Å². The van der Waals surface area contributed by atoms with Gasteiger partial charge in [0.2, 0.25) is 0 Å². The van der Waals surface area contributed by atoms with Crippen LogP contribution in [-0.4, -0.2) is 0 Å². The van der Waals surface area contributed by atoms with Gasteiger partial charge in [0.25, 0.3) is 0 Å². The normalized spacial score (nSPS) is 10.5. The monoisotopic (exact) mass is 226 g/mol. The highest BCUT2D eigenvalue weighted by Crippen LogP contribution is 2.24. The zero-order valence-electron chi connectivity index (χ0n) is 7.98. The minimum absolute atomic E-state index is 0.0934. The molecule has 0 N–H and O–H groups in total. The summed E-state index contributed by atoms with van der Waals surface area (Å²) < 4.78 is 51.4. The molecule has 0 aliphatic heterocycles. The minimum atomic E-state index is -1.53. The smallest absolute Gasteiger partial charge is 0.194 e. The van der Waals surface area contributed by atoms with Crippen LogP contribution in [0, 0.1) is 23.3 Å². The zero-order valence-corrected chi connectivity index (χ0v) is 7.98. The van der Waals surface area contributed by atoms with Gasteiger partial charge in [-0.15, -0.1) is 0 Å². The molecule has 0 nitrogen and oxygen atoms in total. The molecule has 0 aliphatic rings. The fourth-order valence-electron chi connectivity index (χ4n) is 1.39. The summed E-state index contributed by atoms with van der Waals surface area (Å²) in [7, 11) is 0. The number of hydrogen-bond acceptors (Lipinski definition) is 0. The molecule has 2 rings (SSSR count). The van der Waals surface area contributed by atoms with Crippen LogP contribution in [0.2, 0.25) is 0 Å². The first kappa shape index (κ1) is 10.7. The van der Waals surface area contributed by atoms with Crippen LogP contribution in [0.4, 0.5) is 17.6 Å². The van der Waals surface area contributed by atoms with Crippen molar-refractivity contribution < 1.29 is 17.6 Å². The van der Waals surface area contributed by atoms with Crippen LogP contribution in [0.15, 0.2) is 36.4 Å². The molecule has 0 aliphatic carbocycles. The van der Waals surface area contributed by atoms with Crippen LogP contribution >= 0.6 is 0 Å². The maximum Gasteiger partial charge on any atom is 0.194 e. The maximum atomic E-state index is 12.9. The molecule has 0 unspecified atom stereocenters. The third-order valence-electron chi connectivity index (χ3n) is 2.14. The Morgan fingerprint density at radius 3 is 1.88 bits per heavy atom. The predicted octanol–water partition coefficient (Wildman–Crippen LogP) is 3.91.